The Morgan fingerprint density at radius 2 is 1.48 bits per heavy atom. The molecule has 0 amide bonds. The van der Waals surface area contributed by atoms with Gasteiger partial charge < -0.3 is 9.80 Å². The van der Waals surface area contributed by atoms with Crippen LogP contribution in [0.25, 0.3) is 0 Å². The zero-order chi connectivity index (χ0) is 18.0. The minimum atomic E-state index is 0.153. The normalized spacial score (nSPS) is 15.4. The fraction of sp³-hybridized carbons (Fsp3) is 0.409. The molecule has 3 nitrogen and oxygen atoms in total. The van der Waals surface area contributed by atoms with Gasteiger partial charge in [0.25, 0.3) is 0 Å². The van der Waals surface area contributed by atoms with Crippen molar-refractivity contribution in [3.8, 4) is 0 Å². The molecule has 0 aromatic heterocycles. The molecule has 0 bridgehead atoms. The molecule has 1 saturated heterocycles. The Balaban J connectivity index is 1.65. The number of amidine groups is 1. The number of rotatable bonds is 2. The van der Waals surface area contributed by atoms with E-state index in [2.05, 4.69) is 86.0 Å². The van der Waals surface area contributed by atoms with Gasteiger partial charge in [-0.05, 0) is 29.5 Å². The van der Waals surface area contributed by atoms with E-state index in [0.717, 1.165) is 31.7 Å². The van der Waals surface area contributed by atoms with E-state index in [1.165, 1.54) is 16.8 Å². The quantitative estimate of drug-likeness (QED) is 0.649. The summed E-state index contributed by atoms with van der Waals surface area (Å²) in [4.78, 5) is 4.63. The van der Waals surface area contributed by atoms with Crippen LogP contribution in [0.4, 0.5) is 5.69 Å². The van der Waals surface area contributed by atoms with Crippen molar-refractivity contribution in [3.05, 3.63) is 65.2 Å². The first-order valence-electron chi connectivity index (χ1n) is 9.11. The zero-order valence-electron chi connectivity index (χ0n) is 15.8. The van der Waals surface area contributed by atoms with E-state index >= 15 is 0 Å². The highest BCUT2D eigenvalue weighted by atomic mass is 15.3. The Labute approximate surface area is 151 Å². The van der Waals surface area contributed by atoms with Crippen molar-refractivity contribution in [2.75, 3.05) is 31.1 Å². The van der Waals surface area contributed by atoms with Crippen LogP contribution in [0.3, 0.4) is 0 Å². The molecular weight excluding hydrogens is 306 g/mol. The first kappa shape index (κ1) is 17.5. The van der Waals surface area contributed by atoms with Gasteiger partial charge in [0.1, 0.15) is 5.84 Å². The third kappa shape index (κ3) is 3.87. The predicted octanol–water partition coefficient (Wildman–Crippen LogP) is 4.44. The minimum Gasteiger partial charge on any atom is -0.368 e. The van der Waals surface area contributed by atoms with Crippen LogP contribution in [0.2, 0.25) is 0 Å². The molecule has 0 aliphatic carbocycles. The molecule has 0 atom stereocenters. The molecule has 1 aliphatic heterocycles. The summed E-state index contributed by atoms with van der Waals surface area (Å²) in [6, 6.07) is 17.1. The second-order valence-electron chi connectivity index (χ2n) is 7.94. The maximum atomic E-state index is 8.57. The van der Waals surface area contributed by atoms with Crippen LogP contribution >= 0.6 is 0 Å². The Morgan fingerprint density at radius 3 is 2.04 bits per heavy atom. The van der Waals surface area contributed by atoms with Crippen molar-refractivity contribution in [1.82, 2.24) is 4.90 Å². The standard InChI is InChI=1S/C22H29N3/c1-17-7-5-6-8-20(17)24-13-15-25(16-14-24)21(23)18-9-11-19(12-10-18)22(2,3)4/h5-12,23H,13-16H2,1-4H3. The first-order valence-corrected chi connectivity index (χ1v) is 9.11. The van der Waals surface area contributed by atoms with Gasteiger partial charge in [0.05, 0.1) is 0 Å². The molecule has 3 heteroatoms. The Kier molecular flexibility index (Phi) is 4.85. The number of nitrogens with zero attached hydrogens (tertiary/aromatic N) is 2. The minimum absolute atomic E-state index is 0.153. The van der Waals surface area contributed by atoms with Crippen LogP contribution in [-0.4, -0.2) is 36.9 Å². The van der Waals surface area contributed by atoms with Gasteiger partial charge in [0.2, 0.25) is 0 Å². The number of nitrogens with one attached hydrogen (secondary N) is 1. The van der Waals surface area contributed by atoms with Gasteiger partial charge in [-0.1, -0.05) is 63.2 Å². The lowest BCUT2D eigenvalue weighted by molar-refractivity contribution is 0.384. The van der Waals surface area contributed by atoms with Gasteiger partial charge >= 0.3 is 0 Å². The third-order valence-corrected chi connectivity index (χ3v) is 5.08. The summed E-state index contributed by atoms with van der Waals surface area (Å²) in [5, 5.41) is 8.57. The average molecular weight is 335 g/mol. The van der Waals surface area contributed by atoms with Crippen molar-refractivity contribution in [1.29, 1.82) is 5.41 Å². The van der Waals surface area contributed by atoms with E-state index in [-0.39, 0.29) is 5.41 Å². The van der Waals surface area contributed by atoms with Crippen LogP contribution in [0.15, 0.2) is 48.5 Å². The SMILES string of the molecule is Cc1ccccc1N1CCN(C(=N)c2ccc(C(C)(C)C)cc2)CC1. The van der Waals surface area contributed by atoms with E-state index in [0.29, 0.717) is 5.84 Å². The van der Waals surface area contributed by atoms with Crippen LogP contribution in [0, 0.1) is 12.3 Å². The lowest BCUT2D eigenvalue weighted by Gasteiger charge is -2.38. The predicted molar refractivity (Wildman–Crippen MR) is 107 cm³/mol. The van der Waals surface area contributed by atoms with Gasteiger partial charge in [-0.15, -0.1) is 0 Å². The van der Waals surface area contributed by atoms with Crippen LogP contribution < -0.4 is 4.90 Å². The molecule has 0 unspecified atom stereocenters. The lowest BCUT2D eigenvalue weighted by Crippen LogP contribution is -2.49. The molecule has 1 aliphatic rings. The van der Waals surface area contributed by atoms with Gasteiger partial charge in [0.15, 0.2) is 0 Å². The number of para-hydroxylation sites is 1. The second kappa shape index (κ2) is 6.91. The maximum Gasteiger partial charge on any atom is 0.128 e. The number of aryl methyl sites for hydroxylation is 1. The third-order valence-electron chi connectivity index (χ3n) is 5.08. The molecule has 1 heterocycles. The molecule has 25 heavy (non-hydrogen) atoms. The largest absolute Gasteiger partial charge is 0.368 e. The van der Waals surface area contributed by atoms with Crippen LogP contribution in [0.1, 0.15) is 37.5 Å². The van der Waals surface area contributed by atoms with Gasteiger partial charge in [-0.25, -0.2) is 0 Å². The molecule has 2 aromatic carbocycles. The summed E-state index contributed by atoms with van der Waals surface area (Å²) in [5.41, 5.74) is 5.12. The van der Waals surface area contributed by atoms with Crippen molar-refractivity contribution in [3.63, 3.8) is 0 Å². The van der Waals surface area contributed by atoms with Crippen LogP contribution in [-0.2, 0) is 5.41 Å². The Bertz CT molecular complexity index is 733. The topological polar surface area (TPSA) is 30.3 Å². The summed E-state index contributed by atoms with van der Waals surface area (Å²) in [5.74, 6) is 0.643. The number of hydrogen-bond acceptors (Lipinski definition) is 2. The number of piperazine rings is 1. The lowest BCUT2D eigenvalue weighted by atomic mass is 9.86. The molecular formula is C22H29N3. The van der Waals surface area contributed by atoms with Crippen molar-refractivity contribution >= 4 is 11.5 Å². The van der Waals surface area contributed by atoms with E-state index in [1.807, 2.05) is 0 Å². The number of benzene rings is 2. The fourth-order valence-electron chi connectivity index (χ4n) is 3.40. The zero-order valence-corrected chi connectivity index (χ0v) is 15.8. The smallest absolute Gasteiger partial charge is 0.128 e. The van der Waals surface area contributed by atoms with Gasteiger partial charge in [0, 0.05) is 37.4 Å². The highest BCUT2D eigenvalue weighted by molar-refractivity contribution is 5.96. The summed E-state index contributed by atoms with van der Waals surface area (Å²) in [7, 11) is 0. The van der Waals surface area contributed by atoms with Gasteiger partial charge in [-0.2, -0.15) is 0 Å². The van der Waals surface area contributed by atoms with Crippen LogP contribution in [0.5, 0.6) is 0 Å². The molecule has 2 aromatic rings. The second-order valence-corrected chi connectivity index (χ2v) is 7.94. The van der Waals surface area contributed by atoms with Crippen molar-refractivity contribution in [2.24, 2.45) is 0 Å². The molecule has 3 rings (SSSR count). The summed E-state index contributed by atoms with van der Waals surface area (Å²) in [6.07, 6.45) is 0. The number of anilines is 1. The monoisotopic (exact) mass is 335 g/mol. The van der Waals surface area contributed by atoms with Crippen molar-refractivity contribution < 1.29 is 0 Å². The summed E-state index contributed by atoms with van der Waals surface area (Å²) < 4.78 is 0. The van der Waals surface area contributed by atoms with E-state index in [1.54, 1.807) is 0 Å². The number of hydrogen-bond donors (Lipinski definition) is 1. The van der Waals surface area contributed by atoms with E-state index < -0.39 is 0 Å². The van der Waals surface area contributed by atoms with E-state index in [9.17, 15) is 0 Å². The average Bonchev–Trinajstić information content (AvgIpc) is 2.61. The maximum absolute atomic E-state index is 8.57. The Morgan fingerprint density at radius 1 is 0.880 bits per heavy atom. The summed E-state index contributed by atoms with van der Waals surface area (Å²) >= 11 is 0. The molecule has 132 valence electrons. The Hall–Kier alpha value is -2.29. The van der Waals surface area contributed by atoms with Gasteiger partial charge in [-0.3, -0.25) is 5.41 Å². The molecule has 0 spiro atoms. The highest BCUT2D eigenvalue weighted by Crippen LogP contribution is 2.24. The highest BCUT2D eigenvalue weighted by Gasteiger charge is 2.21. The molecule has 0 radical (unpaired) electrons. The molecule has 1 fully saturated rings. The van der Waals surface area contributed by atoms with Crippen molar-refractivity contribution in [2.45, 2.75) is 33.1 Å². The molecule has 1 N–H and O–H groups in total. The summed E-state index contributed by atoms with van der Waals surface area (Å²) in [6.45, 7) is 12.6. The fourth-order valence-corrected chi connectivity index (χ4v) is 3.40. The molecule has 0 saturated carbocycles. The van der Waals surface area contributed by atoms with E-state index in [4.69, 9.17) is 5.41 Å². The first-order chi connectivity index (χ1) is 11.9.